The van der Waals surface area contributed by atoms with Crippen LogP contribution in [-0.4, -0.2) is 40.3 Å². The fourth-order valence-electron chi connectivity index (χ4n) is 1.26. The van der Waals surface area contributed by atoms with E-state index in [4.69, 9.17) is 14.6 Å². The van der Waals surface area contributed by atoms with Crippen molar-refractivity contribution in [3.63, 3.8) is 0 Å². The van der Waals surface area contributed by atoms with Crippen LogP contribution in [0.1, 0.15) is 10.4 Å². The molecule has 1 saturated heterocycles. The van der Waals surface area contributed by atoms with Crippen molar-refractivity contribution in [3.8, 4) is 5.88 Å². The van der Waals surface area contributed by atoms with E-state index < -0.39 is 22.1 Å². The minimum Gasteiger partial charge on any atom is -0.477 e. The molecule has 0 radical (unpaired) electrons. The smallest absolute Gasteiger partial charge is 0.342 e. The standard InChI is InChI=1S/C9H8N2O6/c12-9(13)6-1-8(17-5-3-16-4-5)10-2-7(6)11(14)15/h1-2,5H,3-4H2,(H,12,13). The molecule has 90 valence electrons. The molecule has 17 heavy (non-hydrogen) atoms. The zero-order chi connectivity index (χ0) is 12.4. The number of rotatable bonds is 4. The molecule has 0 unspecified atom stereocenters. The number of carbonyl (C=O) groups is 1. The van der Waals surface area contributed by atoms with Crippen molar-refractivity contribution in [2.75, 3.05) is 13.2 Å². The first-order valence-electron chi connectivity index (χ1n) is 4.70. The number of hydrogen-bond acceptors (Lipinski definition) is 6. The van der Waals surface area contributed by atoms with Crippen molar-refractivity contribution in [2.45, 2.75) is 6.10 Å². The van der Waals surface area contributed by atoms with Crippen molar-refractivity contribution in [3.05, 3.63) is 27.9 Å². The first kappa shape index (κ1) is 11.3. The van der Waals surface area contributed by atoms with Gasteiger partial charge in [-0.2, -0.15) is 0 Å². The SMILES string of the molecule is O=C(O)c1cc(OC2COC2)ncc1[N+](=O)[O-]. The minimum absolute atomic E-state index is 0.0429. The fraction of sp³-hybridized carbons (Fsp3) is 0.333. The minimum atomic E-state index is -1.39. The molecule has 1 aliphatic heterocycles. The third-order valence-corrected chi connectivity index (χ3v) is 2.18. The van der Waals surface area contributed by atoms with Crippen LogP contribution in [-0.2, 0) is 4.74 Å². The van der Waals surface area contributed by atoms with E-state index in [1.165, 1.54) is 0 Å². The van der Waals surface area contributed by atoms with E-state index >= 15 is 0 Å². The number of nitro groups is 1. The molecule has 1 aromatic rings. The summed E-state index contributed by atoms with van der Waals surface area (Å²) in [6, 6.07) is 1.04. The number of aromatic nitrogens is 1. The Kier molecular flexibility index (Phi) is 2.88. The largest absolute Gasteiger partial charge is 0.477 e. The molecular formula is C9H8N2O6. The maximum absolute atomic E-state index is 10.8. The average Bonchev–Trinajstić information content (AvgIpc) is 2.23. The van der Waals surface area contributed by atoms with E-state index in [0.29, 0.717) is 13.2 Å². The number of carboxylic acid groups (broad SMARTS) is 1. The molecule has 0 aromatic carbocycles. The maximum Gasteiger partial charge on any atom is 0.342 e. The van der Waals surface area contributed by atoms with Crippen LogP contribution in [0.15, 0.2) is 12.3 Å². The van der Waals surface area contributed by atoms with Gasteiger partial charge < -0.3 is 14.6 Å². The summed E-state index contributed by atoms with van der Waals surface area (Å²) in [6.45, 7) is 0.808. The Morgan fingerprint density at radius 1 is 1.65 bits per heavy atom. The second-order valence-electron chi connectivity index (χ2n) is 3.38. The van der Waals surface area contributed by atoms with Crippen molar-refractivity contribution in [1.82, 2.24) is 4.98 Å². The van der Waals surface area contributed by atoms with Crippen LogP contribution in [0.2, 0.25) is 0 Å². The van der Waals surface area contributed by atoms with Crippen molar-refractivity contribution < 1.29 is 24.3 Å². The maximum atomic E-state index is 10.8. The molecule has 8 heteroatoms. The molecule has 0 spiro atoms. The first-order chi connectivity index (χ1) is 8.08. The Morgan fingerprint density at radius 2 is 2.35 bits per heavy atom. The number of ether oxygens (including phenoxy) is 2. The molecular weight excluding hydrogens is 232 g/mol. The van der Waals surface area contributed by atoms with Crippen LogP contribution in [0.5, 0.6) is 5.88 Å². The Labute approximate surface area is 94.9 Å². The van der Waals surface area contributed by atoms with Crippen LogP contribution in [0.25, 0.3) is 0 Å². The van der Waals surface area contributed by atoms with Crippen LogP contribution in [0.3, 0.4) is 0 Å². The molecule has 8 nitrogen and oxygen atoms in total. The van der Waals surface area contributed by atoms with Crippen molar-refractivity contribution in [2.24, 2.45) is 0 Å². The molecule has 0 amide bonds. The van der Waals surface area contributed by atoms with Crippen LogP contribution < -0.4 is 4.74 Å². The van der Waals surface area contributed by atoms with Crippen molar-refractivity contribution in [1.29, 1.82) is 0 Å². The average molecular weight is 240 g/mol. The van der Waals surface area contributed by atoms with Gasteiger partial charge in [-0.05, 0) is 0 Å². The Morgan fingerprint density at radius 3 is 2.82 bits per heavy atom. The Balaban J connectivity index is 2.27. The molecule has 0 atom stereocenters. The third-order valence-electron chi connectivity index (χ3n) is 2.18. The molecule has 1 fully saturated rings. The predicted molar refractivity (Wildman–Crippen MR) is 53.1 cm³/mol. The van der Waals surface area contributed by atoms with Gasteiger partial charge in [0.1, 0.15) is 17.9 Å². The summed E-state index contributed by atoms with van der Waals surface area (Å²) in [4.78, 5) is 24.3. The Bertz CT molecular complexity index is 471. The lowest BCUT2D eigenvalue weighted by atomic mass is 10.2. The monoisotopic (exact) mass is 240 g/mol. The van der Waals surface area contributed by atoms with Gasteiger partial charge in [-0.25, -0.2) is 9.78 Å². The summed E-state index contributed by atoms with van der Waals surface area (Å²) in [6.07, 6.45) is 0.698. The summed E-state index contributed by atoms with van der Waals surface area (Å²) < 4.78 is 10.1. The highest BCUT2D eigenvalue weighted by atomic mass is 16.6. The summed E-state index contributed by atoms with van der Waals surface area (Å²) in [5.74, 6) is -1.35. The normalized spacial score (nSPS) is 15.1. The van der Waals surface area contributed by atoms with Gasteiger partial charge in [-0.15, -0.1) is 0 Å². The second-order valence-corrected chi connectivity index (χ2v) is 3.38. The van der Waals surface area contributed by atoms with Crippen LogP contribution in [0.4, 0.5) is 5.69 Å². The van der Waals surface area contributed by atoms with E-state index in [2.05, 4.69) is 4.98 Å². The van der Waals surface area contributed by atoms with E-state index in [0.717, 1.165) is 12.3 Å². The number of pyridine rings is 1. The predicted octanol–water partition coefficient (Wildman–Crippen LogP) is 0.466. The van der Waals surface area contributed by atoms with E-state index in [1.807, 2.05) is 0 Å². The van der Waals surface area contributed by atoms with Gasteiger partial charge in [-0.1, -0.05) is 0 Å². The summed E-state index contributed by atoms with van der Waals surface area (Å²) in [5.41, 5.74) is -1.00. The van der Waals surface area contributed by atoms with Gasteiger partial charge in [-0.3, -0.25) is 10.1 Å². The number of aromatic carboxylic acids is 1. The van der Waals surface area contributed by atoms with Gasteiger partial charge in [0.15, 0.2) is 0 Å². The zero-order valence-corrected chi connectivity index (χ0v) is 8.53. The highest BCUT2D eigenvalue weighted by Gasteiger charge is 2.25. The summed E-state index contributed by atoms with van der Waals surface area (Å²) in [5, 5.41) is 19.4. The molecule has 0 aliphatic carbocycles. The Hall–Kier alpha value is -2.22. The van der Waals surface area contributed by atoms with Gasteiger partial charge in [0.05, 0.1) is 18.1 Å². The molecule has 1 aliphatic rings. The number of carboxylic acids is 1. The summed E-state index contributed by atoms with van der Waals surface area (Å²) in [7, 11) is 0. The molecule has 0 saturated carbocycles. The number of hydrogen-bond donors (Lipinski definition) is 1. The van der Waals surface area contributed by atoms with Crippen LogP contribution >= 0.6 is 0 Å². The quantitative estimate of drug-likeness (QED) is 0.601. The topological polar surface area (TPSA) is 112 Å². The van der Waals surface area contributed by atoms with Gasteiger partial charge in [0, 0.05) is 6.07 Å². The molecule has 1 aromatic heterocycles. The van der Waals surface area contributed by atoms with E-state index in [-0.39, 0.29) is 12.0 Å². The van der Waals surface area contributed by atoms with Gasteiger partial charge in [0.25, 0.3) is 0 Å². The fourth-order valence-corrected chi connectivity index (χ4v) is 1.26. The highest BCUT2D eigenvalue weighted by Crippen LogP contribution is 2.22. The zero-order valence-electron chi connectivity index (χ0n) is 8.53. The van der Waals surface area contributed by atoms with Crippen LogP contribution in [0, 0.1) is 10.1 Å². The first-order valence-corrected chi connectivity index (χ1v) is 4.70. The molecule has 2 rings (SSSR count). The van der Waals surface area contributed by atoms with Gasteiger partial charge >= 0.3 is 11.7 Å². The van der Waals surface area contributed by atoms with Gasteiger partial charge in [0.2, 0.25) is 5.88 Å². The highest BCUT2D eigenvalue weighted by molar-refractivity contribution is 5.92. The lowest BCUT2D eigenvalue weighted by molar-refractivity contribution is -0.385. The lowest BCUT2D eigenvalue weighted by Crippen LogP contribution is -2.38. The van der Waals surface area contributed by atoms with E-state index in [1.54, 1.807) is 0 Å². The molecule has 1 N–H and O–H groups in total. The van der Waals surface area contributed by atoms with Crippen molar-refractivity contribution >= 4 is 11.7 Å². The number of nitrogens with zero attached hydrogens (tertiary/aromatic N) is 2. The third kappa shape index (κ3) is 2.31. The van der Waals surface area contributed by atoms with E-state index in [9.17, 15) is 14.9 Å². The molecule has 2 heterocycles. The molecule has 0 bridgehead atoms. The second kappa shape index (κ2) is 4.34. The lowest BCUT2D eigenvalue weighted by Gasteiger charge is -2.25. The summed E-state index contributed by atoms with van der Waals surface area (Å²) >= 11 is 0.